The standard InChI is InChI=1S/C7H15NO/c1-3-4-6-7(9-6)5-8-2/h6-8H,3-5H2,1-2H3/t6-,7+/m1/s1. The molecule has 0 aromatic heterocycles. The monoisotopic (exact) mass is 129 g/mol. The lowest BCUT2D eigenvalue weighted by Crippen LogP contribution is -2.15. The zero-order valence-corrected chi connectivity index (χ0v) is 6.18. The highest BCUT2D eigenvalue weighted by Crippen LogP contribution is 2.25. The van der Waals surface area contributed by atoms with Gasteiger partial charge in [-0.2, -0.15) is 0 Å². The summed E-state index contributed by atoms with van der Waals surface area (Å²) in [6, 6.07) is 0. The Morgan fingerprint density at radius 3 is 2.78 bits per heavy atom. The van der Waals surface area contributed by atoms with Gasteiger partial charge in [-0.05, 0) is 13.5 Å². The summed E-state index contributed by atoms with van der Waals surface area (Å²) in [7, 11) is 1.96. The van der Waals surface area contributed by atoms with Crippen LogP contribution in [0.1, 0.15) is 19.8 Å². The largest absolute Gasteiger partial charge is 0.368 e. The number of ether oxygens (including phenoxy) is 1. The zero-order valence-electron chi connectivity index (χ0n) is 6.18. The Labute approximate surface area is 56.6 Å². The fraction of sp³-hybridized carbons (Fsp3) is 1.00. The summed E-state index contributed by atoms with van der Waals surface area (Å²) < 4.78 is 5.34. The van der Waals surface area contributed by atoms with Gasteiger partial charge in [-0.15, -0.1) is 0 Å². The summed E-state index contributed by atoms with van der Waals surface area (Å²) in [5.41, 5.74) is 0. The SMILES string of the molecule is CCC[C@H]1O[C@H]1CNC. The molecule has 1 heterocycles. The highest BCUT2D eigenvalue weighted by atomic mass is 16.6. The molecule has 1 fully saturated rings. The van der Waals surface area contributed by atoms with E-state index < -0.39 is 0 Å². The van der Waals surface area contributed by atoms with Crippen LogP contribution in [-0.2, 0) is 4.74 Å². The molecular formula is C7H15NO. The first-order chi connectivity index (χ1) is 4.38. The smallest absolute Gasteiger partial charge is 0.0965 e. The van der Waals surface area contributed by atoms with Crippen molar-refractivity contribution in [2.75, 3.05) is 13.6 Å². The van der Waals surface area contributed by atoms with Crippen LogP contribution in [-0.4, -0.2) is 25.8 Å². The minimum atomic E-state index is 0.523. The van der Waals surface area contributed by atoms with E-state index in [1.54, 1.807) is 0 Å². The molecule has 54 valence electrons. The van der Waals surface area contributed by atoms with E-state index in [0.717, 1.165) is 6.54 Å². The van der Waals surface area contributed by atoms with Crippen molar-refractivity contribution >= 4 is 0 Å². The Morgan fingerprint density at radius 2 is 2.22 bits per heavy atom. The Hall–Kier alpha value is -0.0800. The molecule has 0 saturated carbocycles. The van der Waals surface area contributed by atoms with Crippen molar-refractivity contribution in [2.45, 2.75) is 32.0 Å². The Kier molecular flexibility index (Phi) is 2.49. The van der Waals surface area contributed by atoms with E-state index >= 15 is 0 Å². The third-order valence-electron chi connectivity index (χ3n) is 1.67. The first-order valence-corrected chi connectivity index (χ1v) is 3.68. The average molecular weight is 129 g/mol. The topological polar surface area (TPSA) is 24.6 Å². The number of epoxide rings is 1. The lowest BCUT2D eigenvalue weighted by atomic mass is 10.2. The van der Waals surface area contributed by atoms with E-state index in [4.69, 9.17) is 4.74 Å². The summed E-state index contributed by atoms with van der Waals surface area (Å²) in [6.07, 6.45) is 3.56. The van der Waals surface area contributed by atoms with Gasteiger partial charge in [0.1, 0.15) is 0 Å². The molecule has 1 rings (SSSR count). The summed E-state index contributed by atoms with van der Waals surface area (Å²) in [4.78, 5) is 0. The van der Waals surface area contributed by atoms with Crippen LogP contribution in [0, 0.1) is 0 Å². The summed E-state index contributed by atoms with van der Waals surface area (Å²) >= 11 is 0. The van der Waals surface area contributed by atoms with Gasteiger partial charge in [0.25, 0.3) is 0 Å². The van der Waals surface area contributed by atoms with Gasteiger partial charge in [-0.25, -0.2) is 0 Å². The predicted molar refractivity (Wildman–Crippen MR) is 37.5 cm³/mol. The van der Waals surface area contributed by atoms with Crippen molar-refractivity contribution in [3.63, 3.8) is 0 Å². The third-order valence-corrected chi connectivity index (χ3v) is 1.67. The van der Waals surface area contributed by atoms with Gasteiger partial charge in [-0.1, -0.05) is 13.3 Å². The predicted octanol–water partition coefficient (Wildman–Crippen LogP) is 0.773. The number of rotatable bonds is 4. The van der Waals surface area contributed by atoms with E-state index in [9.17, 15) is 0 Å². The van der Waals surface area contributed by atoms with Crippen LogP contribution in [0.15, 0.2) is 0 Å². The van der Waals surface area contributed by atoms with Gasteiger partial charge in [0.15, 0.2) is 0 Å². The van der Waals surface area contributed by atoms with Gasteiger partial charge in [0.05, 0.1) is 12.2 Å². The molecule has 0 radical (unpaired) electrons. The van der Waals surface area contributed by atoms with Crippen LogP contribution >= 0.6 is 0 Å². The molecule has 1 saturated heterocycles. The fourth-order valence-electron chi connectivity index (χ4n) is 1.10. The minimum absolute atomic E-state index is 0.523. The first kappa shape index (κ1) is 7.03. The van der Waals surface area contributed by atoms with Crippen molar-refractivity contribution in [3.8, 4) is 0 Å². The summed E-state index contributed by atoms with van der Waals surface area (Å²) in [5.74, 6) is 0. The van der Waals surface area contributed by atoms with E-state index in [0.29, 0.717) is 12.2 Å². The van der Waals surface area contributed by atoms with Crippen molar-refractivity contribution in [2.24, 2.45) is 0 Å². The maximum absolute atomic E-state index is 5.34. The Morgan fingerprint density at radius 1 is 1.44 bits per heavy atom. The van der Waals surface area contributed by atoms with Crippen molar-refractivity contribution in [1.82, 2.24) is 5.32 Å². The molecular weight excluding hydrogens is 114 g/mol. The van der Waals surface area contributed by atoms with Crippen LogP contribution in [0.2, 0.25) is 0 Å². The van der Waals surface area contributed by atoms with Crippen molar-refractivity contribution < 1.29 is 4.74 Å². The summed E-state index contributed by atoms with van der Waals surface area (Å²) in [6.45, 7) is 3.21. The van der Waals surface area contributed by atoms with E-state index in [1.807, 2.05) is 7.05 Å². The van der Waals surface area contributed by atoms with Gasteiger partial charge in [0.2, 0.25) is 0 Å². The van der Waals surface area contributed by atoms with Crippen LogP contribution in [0.25, 0.3) is 0 Å². The van der Waals surface area contributed by atoms with Gasteiger partial charge in [-0.3, -0.25) is 0 Å². The molecule has 0 aromatic carbocycles. The van der Waals surface area contributed by atoms with Gasteiger partial charge < -0.3 is 10.1 Å². The lowest BCUT2D eigenvalue weighted by molar-refractivity contribution is 0.359. The molecule has 9 heavy (non-hydrogen) atoms. The molecule has 1 N–H and O–H groups in total. The maximum Gasteiger partial charge on any atom is 0.0965 e. The van der Waals surface area contributed by atoms with E-state index in [2.05, 4.69) is 12.2 Å². The van der Waals surface area contributed by atoms with Crippen LogP contribution < -0.4 is 5.32 Å². The molecule has 2 heteroatoms. The van der Waals surface area contributed by atoms with Crippen LogP contribution in [0.3, 0.4) is 0 Å². The first-order valence-electron chi connectivity index (χ1n) is 3.68. The second-order valence-electron chi connectivity index (χ2n) is 2.56. The number of nitrogens with one attached hydrogen (secondary N) is 1. The van der Waals surface area contributed by atoms with Crippen LogP contribution in [0.5, 0.6) is 0 Å². The minimum Gasteiger partial charge on any atom is -0.368 e. The van der Waals surface area contributed by atoms with Crippen molar-refractivity contribution in [3.05, 3.63) is 0 Å². The number of likely N-dealkylation sites (N-methyl/N-ethyl adjacent to an activating group) is 1. The normalized spacial score (nSPS) is 32.7. The number of hydrogen-bond acceptors (Lipinski definition) is 2. The zero-order chi connectivity index (χ0) is 6.69. The van der Waals surface area contributed by atoms with Gasteiger partial charge >= 0.3 is 0 Å². The molecule has 2 atom stereocenters. The Bertz CT molecular complexity index is 75.0. The second-order valence-corrected chi connectivity index (χ2v) is 2.56. The molecule has 1 aliphatic heterocycles. The third kappa shape index (κ3) is 1.95. The highest BCUT2D eigenvalue weighted by molar-refractivity contribution is 4.85. The highest BCUT2D eigenvalue weighted by Gasteiger charge is 2.36. The second kappa shape index (κ2) is 3.18. The van der Waals surface area contributed by atoms with Gasteiger partial charge in [0, 0.05) is 6.54 Å². The molecule has 0 bridgehead atoms. The average Bonchev–Trinajstić information content (AvgIpc) is 2.50. The van der Waals surface area contributed by atoms with E-state index in [-0.39, 0.29) is 0 Å². The van der Waals surface area contributed by atoms with Crippen molar-refractivity contribution in [1.29, 1.82) is 0 Å². The maximum atomic E-state index is 5.34. The van der Waals surface area contributed by atoms with Crippen LogP contribution in [0.4, 0.5) is 0 Å². The molecule has 1 aliphatic rings. The molecule has 0 amide bonds. The van der Waals surface area contributed by atoms with E-state index in [1.165, 1.54) is 12.8 Å². The fourth-order valence-corrected chi connectivity index (χ4v) is 1.10. The molecule has 0 spiro atoms. The number of hydrogen-bond donors (Lipinski definition) is 1. The molecule has 0 aromatic rings. The molecule has 0 unspecified atom stereocenters. The molecule has 0 aliphatic carbocycles. The Balaban J connectivity index is 1.96. The molecule has 2 nitrogen and oxygen atoms in total. The summed E-state index contributed by atoms with van der Waals surface area (Å²) in [5, 5.41) is 3.09. The quantitative estimate of drug-likeness (QED) is 0.567. The lowest BCUT2D eigenvalue weighted by Gasteiger charge is -1.89.